The maximum atomic E-state index is 13.6. The summed E-state index contributed by atoms with van der Waals surface area (Å²) in [5.41, 5.74) is 2.66. The normalized spacial score (nSPS) is 17.2. The third-order valence-electron chi connectivity index (χ3n) is 6.53. The summed E-state index contributed by atoms with van der Waals surface area (Å²) in [7, 11) is -6.81. The molecule has 0 radical (unpaired) electrons. The second-order valence-electron chi connectivity index (χ2n) is 9.03. The molecule has 0 N–H and O–H groups in total. The van der Waals surface area contributed by atoms with Gasteiger partial charge in [-0.15, -0.1) is 0 Å². The summed E-state index contributed by atoms with van der Waals surface area (Å²) in [6.45, 7) is 8.14. The minimum Gasteiger partial charge on any atom is -0.378 e. The first kappa shape index (κ1) is 26.2. The smallest absolute Gasteiger partial charge is 0.256 e. The molecule has 0 atom stereocenters. The van der Waals surface area contributed by atoms with Crippen LogP contribution in [0, 0.1) is 0 Å². The summed E-state index contributed by atoms with van der Waals surface area (Å²) in [5.74, 6) is -0.210. The number of rotatable bonds is 6. The molecule has 0 aromatic heterocycles. The highest BCUT2D eigenvalue weighted by Gasteiger charge is 2.28. The molecular weight excluding hydrogens is 502 g/mol. The highest BCUT2D eigenvalue weighted by atomic mass is 32.2. The molecule has 4 rings (SSSR count). The summed E-state index contributed by atoms with van der Waals surface area (Å²) >= 11 is 0. The van der Waals surface area contributed by atoms with Crippen LogP contribution in [0.25, 0.3) is 6.08 Å². The molecule has 2 aromatic carbocycles. The molecule has 0 spiro atoms. The molecule has 194 valence electrons. The first-order valence-electron chi connectivity index (χ1n) is 11.7. The first-order chi connectivity index (χ1) is 17.0. The number of piperazine rings is 1. The van der Waals surface area contributed by atoms with Crippen LogP contribution in [0.3, 0.4) is 0 Å². The number of anilines is 2. The maximum absolute atomic E-state index is 13.6. The molecule has 2 aromatic rings. The predicted molar refractivity (Wildman–Crippen MR) is 140 cm³/mol. The van der Waals surface area contributed by atoms with E-state index in [4.69, 9.17) is 4.74 Å². The van der Waals surface area contributed by atoms with Gasteiger partial charge in [0, 0.05) is 63.2 Å². The van der Waals surface area contributed by atoms with Crippen LogP contribution in [0.2, 0.25) is 0 Å². The maximum Gasteiger partial charge on any atom is 0.256 e. The number of morpholine rings is 1. The van der Waals surface area contributed by atoms with Crippen molar-refractivity contribution < 1.29 is 26.4 Å². The third-order valence-corrected chi connectivity index (χ3v) is 8.75. The van der Waals surface area contributed by atoms with Gasteiger partial charge in [-0.25, -0.2) is 16.8 Å². The Kier molecular flexibility index (Phi) is 7.44. The van der Waals surface area contributed by atoms with E-state index in [1.165, 1.54) is 12.3 Å². The zero-order valence-electron chi connectivity index (χ0n) is 20.5. The van der Waals surface area contributed by atoms with Crippen molar-refractivity contribution >= 4 is 43.0 Å². The van der Waals surface area contributed by atoms with Crippen LogP contribution in [-0.2, 0) is 24.4 Å². The average Bonchev–Trinajstić information content (AvgIpc) is 2.87. The number of amides is 1. The summed E-state index contributed by atoms with van der Waals surface area (Å²) in [6, 6.07) is 9.71. The number of hydrogen-bond donors (Lipinski definition) is 0. The third kappa shape index (κ3) is 5.58. The van der Waals surface area contributed by atoms with E-state index >= 15 is 0 Å². The van der Waals surface area contributed by atoms with Crippen molar-refractivity contribution in [1.82, 2.24) is 4.90 Å². The van der Waals surface area contributed by atoms with Crippen molar-refractivity contribution in [1.29, 1.82) is 0 Å². The Bertz CT molecular complexity index is 1370. The molecule has 0 aliphatic carbocycles. The fraction of sp³-hybridized carbons (Fsp3) is 0.400. The van der Waals surface area contributed by atoms with Crippen LogP contribution in [0.1, 0.15) is 15.9 Å². The van der Waals surface area contributed by atoms with Gasteiger partial charge < -0.3 is 19.4 Å². The van der Waals surface area contributed by atoms with Crippen LogP contribution in [-0.4, -0.2) is 92.6 Å². The molecule has 2 fully saturated rings. The van der Waals surface area contributed by atoms with Crippen molar-refractivity contribution in [3.8, 4) is 0 Å². The van der Waals surface area contributed by atoms with E-state index in [0.717, 1.165) is 11.9 Å². The Morgan fingerprint density at radius 1 is 0.806 bits per heavy atom. The lowest BCUT2D eigenvalue weighted by atomic mass is 10.1. The zero-order valence-corrected chi connectivity index (χ0v) is 22.1. The fourth-order valence-electron chi connectivity index (χ4n) is 4.53. The molecule has 0 saturated carbocycles. The Hall–Kier alpha value is -2.89. The standard InChI is InChI=1S/C25H31N3O6S2/c1-4-19-17-20(35(2,30)31)5-7-23(19)26-9-11-28(12-10-26)25(29)22-18-21(36(3,32)33)6-8-24(22)27-13-15-34-16-14-27/h4-8,17-18H,1,9-16H2,2-3H3. The van der Waals surface area contributed by atoms with E-state index < -0.39 is 19.7 Å². The fourth-order valence-corrected chi connectivity index (χ4v) is 5.84. The number of benzene rings is 2. The first-order valence-corrected chi connectivity index (χ1v) is 15.4. The molecule has 2 aliphatic rings. The Morgan fingerprint density at radius 2 is 1.33 bits per heavy atom. The highest BCUT2D eigenvalue weighted by Crippen LogP contribution is 2.29. The molecule has 0 bridgehead atoms. The van der Waals surface area contributed by atoms with Crippen molar-refractivity contribution in [2.75, 3.05) is 74.8 Å². The summed E-state index contributed by atoms with van der Waals surface area (Å²) in [4.78, 5) is 19.9. The van der Waals surface area contributed by atoms with E-state index in [2.05, 4.69) is 16.4 Å². The predicted octanol–water partition coefficient (Wildman–Crippen LogP) is 1.94. The van der Waals surface area contributed by atoms with Gasteiger partial charge >= 0.3 is 0 Å². The molecule has 9 nitrogen and oxygen atoms in total. The van der Waals surface area contributed by atoms with Crippen LogP contribution in [0.15, 0.2) is 52.8 Å². The van der Waals surface area contributed by atoms with E-state index in [1.807, 2.05) is 0 Å². The number of carbonyl (C=O) groups is 1. The summed E-state index contributed by atoms with van der Waals surface area (Å²) in [5, 5.41) is 0. The molecule has 36 heavy (non-hydrogen) atoms. The van der Waals surface area contributed by atoms with Crippen molar-refractivity contribution in [2.45, 2.75) is 9.79 Å². The summed E-state index contributed by atoms with van der Waals surface area (Å²) < 4.78 is 53.7. The van der Waals surface area contributed by atoms with Gasteiger partial charge in [0.1, 0.15) is 0 Å². The van der Waals surface area contributed by atoms with Gasteiger partial charge in [0.25, 0.3) is 5.91 Å². The highest BCUT2D eigenvalue weighted by molar-refractivity contribution is 7.91. The Labute approximate surface area is 212 Å². The van der Waals surface area contributed by atoms with E-state index in [1.54, 1.807) is 41.3 Å². The lowest BCUT2D eigenvalue weighted by Crippen LogP contribution is -2.49. The minimum absolute atomic E-state index is 0.114. The lowest BCUT2D eigenvalue weighted by Gasteiger charge is -2.38. The Morgan fingerprint density at radius 3 is 1.89 bits per heavy atom. The van der Waals surface area contributed by atoms with Crippen LogP contribution in [0.5, 0.6) is 0 Å². The number of sulfone groups is 2. The van der Waals surface area contributed by atoms with Gasteiger partial charge in [0.2, 0.25) is 0 Å². The lowest BCUT2D eigenvalue weighted by molar-refractivity contribution is 0.0746. The topological polar surface area (TPSA) is 104 Å². The number of nitrogens with zero attached hydrogens (tertiary/aromatic N) is 3. The van der Waals surface area contributed by atoms with Gasteiger partial charge in [-0.3, -0.25) is 4.79 Å². The quantitative estimate of drug-likeness (QED) is 0.555. The van der Waals surface area contributed by atoms with Crippen LogP contribution in [0.4, 0.5) is 11.4 Å². The van der Waals surface area contributed by atoms with E-state index in [-0.39, 0.29) is 15.7 Å². The van der Waals surface area contributed by atoms with Gasteiger partial charge in [0.15, 0.2) is 19.7 Å². The zero-order chi connectivity index (χ0) is 26.1. The van der Waals surface area contributed by atoms with Gasteiger partial charge in [-0.2, -0.15) is 0 Å². The number of hydrogen-bond acceptors (Lipinski definition) is 8. The van der Waals surface area contributed by atoms with Crippen LogP contribution >= 0.6 is 0 Å². The monoisotopic (exact) mass is 533 g/mol. The molecule has 0 unspecified atom stereocenters. The molecule has 2 heterocycles. The molecular formula is C25H31N3O6S2. The van der Waals surface area contributed by atoms with Crippen LogP contribution < -0.4 is 9.80 Å². The number of ether oxygens (including phenoxy) is 1. The summed E-state index contributed by atoms with van der Waals surface area (Å²) in [6.07, 6.45) is 3.94. The second-order valence-corrected chi connectivity index (χ2v) is 13.1. The molecule has 2 aliphatic heterocycles. The van der Waals surface area contributed by atoms with E-state index in [9.17, 15) is 21.6 Å². The largest absolute Gasteiger partial charge is 0.378 e. The van der Waals surface area contributed by atoms with Gasteiger partial charge in [-0.1, -0.05) is 12.7 Å². The molecule has 2 saturated heterocycles. The van der Waals surface area contributed by atoms with Crippen molar-refractivity contribution in [3.63, 3.8) is 0 Å². The van der Waals surface area contributed by atoms with Crippen molar-refractivity contribution in [3.05, 3.63) is 54.1 Å². The Balaban J connectivity index is 1.57. The molecule has 1 amide bonds. The van der Waals surface area contributed by atoms with Gasteiger partial charge in [0.05, 0.1) is 28.6 Å². The van der Waals surface area contributed by atoms with Crippen molar-refractivity contribution in [2.24, 2.45) is 0 Å². The minimum atomic E-state index is -3.48. The SMILES string of the molecule is C=Cc1cc(S(C)(=O)=O)ccc1N1CCN(C(=O)c2cc(S(C)(=O)=O)ccc2N2CCOCC2)CC1. The second kappa shape index (κ2) is 10.2. The number of carbonyl (C=O) groups excluding carboxylic acids is 1. The molecule has 11 heteroatoms. The van der Waals surface area contributed by atoms with E-state index in [0.29, 0.717) is 69.3 Å². The van der Waals surface area contributed by atoms with Gasteiger partial charge in [-0.05, 0) is 42.0 Å². The average molecular weight is 534 g/mol.